The molecule has 0 spiro atoms. The molecule has 1 aromatic rings. The number of carbonyl (C=O) groups is 3. The van der Waals surface area contributed by atoms with Crippen molar-refractivity contribution in [1.29, 1.82) is 0 Å². The highest BCUT2D eigenvalue weighted by atomic mass is 16.2. The van der Waals surface area contributed by atoms with Crippen molar-refractivity contribution in [3.63, 3.8) is 0 Å². The Bertz CT molecular complexity index is 1110. The Morgan fingerprint density at radius 1 is 1.00 bits per heavy atom. The van der Waals surface area contributed by atoms with Gasteiger partial charge in [-0.15, -0.1) is 0 Å². The van der Waals surface area contributed by atoms with Crippen LogP contribution in [-0.4, -0.2) is 17.3 Å². The topological polar surface area (TPSA) is 51.2 Å². The molecule has 1 fully saturated rings. The normalized spacial score (nSPS) is 41.2. The number of Topliss-reactive ketones (excluding diaryl/α,β-unsaturated/α-hetero) is 3. The Morgan fingerprint density at radius 3 is 2.16 bits per heavy atom. The summed E-state index contributed by atoms with van der Waals surface area (Å²) in [5.41, 5.74) is 4.16. The molecule has 0 saturated heterocycles. The number of carbonyl (C=O) groups excluding carboxylic acids is 3. The molecular formula is C29H38O3. The van der Waals surface area contributed by atoms with E-state index in [1.165, 1.54) is 12.5 Å². The highest BCUT2D eigenvalue weighted by molar-refractivity contribution is 6.23. The maximum atomic E-state index is 14.2. The van der Waals surface area contributed by atoms with Crippen LogP contribution >= 0.6 is 0 Å². The van der Waals surface area contributed by atoms with E-state index in [0.29, 0.717) is 5.57 Å². The average molecular weight is 435 g/mol. The van der Waals surface area contributed by atoms with Gasteiger partial charge in [0.2, 0.25) is 0 Å². The van der Waals surface area contributed by atoms with Crippen molar-refractivity contribution in [2.24, 2.45) is 34.0 Å². The molecule has 0 radical (unpaired) electrons. The van der Waals surface area contributed by atoms with Crippen LogP contribution in [-0.2, 0) is 9.59 Å². The van der Waals surface area contributed by atoms with Gasteiger partial charge in [-0.3, -0.25) is 14.4 Å². The van der Waals surface area contributed by atoms with Crippen LogP contribution in [0.1, 0.15) is 94.8 Å². The van der Waals surface area contributed by atoms with Crippen molar-refractivity contribution in [2.45, 2.75) is 81.6 Å². The van der Waals surface area contributed by atoms with Crippen LogP contribution in [0, 0.1) is 47.8 Å². The molecule has 32 heavy (non-hydrogen) atoms. The average Bonchev–Trinajstić information content (AvgIpc) is 2.67. The van der Waals surface area contributed by atoms with E-state index in [2.05, 4.69) is 53.7 Å². The fourth-order valence-electron chi connectivity index (χ4n) is 8.48. The third-order valence-corrected chi connectivity index (χ3v) is 10.7. The molecule has 1 aromatic carbocycles. The minimum atomic E-state index is -0.761. The van der Waals surface area contributed by atoms with E-state index in [-0.39, 0.29) is 51.9 Å². The first-order chi connectivity index (χ1) is 14.7. The first-order valence-electron chi connectivity index (χ1n) is 12.1. The number of aryl methyl sites for hydroxylation is 2. The zero-order chi connectivity index (χ0) is 24.1. The Labute approximate surface area is 193 Å². The van der Waals surface area contributed by atoms with E-state index in [4.69, 9.17) is 0 Å². The van der Waals surface area contributed by atoms with Crippen molar-refractivity contribution < 1.29 is 14.4 Å². The second kappa shape index (κ2) is 6.74. The fourth-order valence-corrected chi connectivity index (χ4v) is 8.48. The molecule has 0 bridgehead atoms. The lowest BCUT2D eigenvalue weighted by atomic mass is 9.33. The van der Waals surface area contributed by atoms with Crippen LogP contribution in [0.2, 0.25) is 0 Å². The molecule has 0 N–H and O–H groups in total. The van der Waals surface area contributed by atoms with Gasteiger partial charge in [-0.25, -0.2) is 0 Å². The lowest BCUT2D eigenvalue weighted by molar-refractivity contribution is -0.184. The smallest absolute Gasteiger partial charge is 0.173 e. The first kappa shape index (κ1) is 23.1. The van der Waals surface area contributed by atoms with Gasteiger partial charge in [-0.05, 0) is 73.8 Å². The van der Waals surface area contributed by atoms with Crippen LogP contribution in [0.15, 0.2) is 23.3 Å². The molecule has 0 heterocycles. The van der Waals surface area contributed by atoms with Gasteiger partial charge in [0.1, 0.15) is 0 Å². The Balaban J connectivity index is 2.02. The van der Waals surface area contributed by atoms with Gasteiger partial charge in [0, 0.05) is 16.9 Å². The van der Waals surface area contributed by atoms with E-state index in [9.17, 15) is 14.4 Å². The predicted octanol–water partition coefficient (Wildman–Crippen LogP) is 6.40. The van der Waals surface area contributed by atoms with Gasteiger partial charge < -0.3 is 0 Å². The van der Waals surface area contributed by atoms with Crippen molar-refractivity contribution in [1.82, 2.24) is 0 Å². The Morgan fingerprint density at radius 2 is 1.59 bits per heavy atom. The Hall–Kier alpha value is -2.03. The summed E-state index contributed by atoms with van der Waals surface area (Å²) in [5.74, 6) is -0.104. The highest BCUT2D eigenvalue weighted by Crippen LogP contribution is 2.73. The third kappa shape index (κ3) is 2.41. The van der Waals surface area contributed by atoms with E-state index in [0.717, 1.165) is 28.7 Å². The SMILES string of the molecule is CC(=O)C1=C(C)CC2(C)C(C)C3(C)C(C)c4cc(C)cc(C)c4C(=O)C3C(C)C2(C)C1=O. The zero-order valence-electron chi connectivity index (χ0n) is 21.4. The number of rotatable bonds is 1. The van der Waals surface area contributed by atoms with Gasteiger partial charge in [0.25, 0.3) is 0 Å². The van der Waals surface area contributed by atoms with Gasteiger partial charge in [-0.1, -0.05) is 64.8 Å². The fraction of sp³-hybridized carbons (Fsp3) is 0.621. The summed E-state index contributed by atoms with van der Waals surface area (Å²) in [5, 5.41) is 0. The van der Waals surface area contributed by atoms with Crippen molar-refractivity contribution in [3.05, 3.63) is 45.5 Å². The van der Waals surface area contributed by atoms with E-state index in [1.807, 2.05) is 20.8 Å². The summed E-state index contributed by atoms with van der Waals surface area (Å²) < 4.78 is 0. The molecule has 4 rings (SSSR count). The first-order valence-corrected chi connectivity index (χ1v) is 12.1. The predicted molar refractivity (Wildman–Crippen MR) is 128 cm³/mol. The Kier molecular flexibility index (Phi) is 4.88. The number of allylic oxidation sites excluding steroid dienone is 2. The van der Waals surface area contributed by atoms with Crippen molar-refractivity contribution in [3.8, 4) is 0 Å². The minimum absolute atomic E-state index is 0.0514. The highest BCUT2D eigenvalue weighted by Gasteiger charge is 2.71. The van der Waals surface area contributed by atoms with Crippen molar-refractivity contribution in [2.75, 3.05) is 0 Å². The number of benzene rings is 1. The third-order valence-electron chi connectivity index (χ3n) is 10.7. The number of ketones is 3. The molecule has 0 aliphatic heterocycles. The zero-order valence-corrected chi connectivity index (χ0v) is 21.4. The molecule has 7 unspecified atom stereocenters. The summed E-state index contributed by atoms with van der Waals surface area (Å²) in [7, 11) is 0. The standard InChI is InChI=1S/C29H38O3/c1-14-11-15(2)23-21(12-14)17(4)28(9)20(7)27(8)13-16(3)22(19(6)30)26(32)29(27,10)18(5)24(28)25(23)31/h11-12,17-18,20,24H,13H2,1-10H3. The molecule has 7 atom stereocenters. The lowest BCUT2D eigenvalue weighted by Crippen LogP contribution is -2.68. The number of hydrogen-bond donors (Lipinski definition) is 0. The van der Waals surface area contributed by atoms with Gasteiger partial charge in [-0.2, -0.15) is 0 Å². The van der Waals surface area contributed by atoms with Gasteiger partial charge >= 0.3 is 0 Å². The van der Waals surface area contributed by atoms with Gasteiger partial charge in [0.05, 0.1) is 5.57 Å². The van der Waals surface area contributed by atoms with E-state index in [1.54, 1.807) is 0 Å². The van der Waals surface area contributed by atoms with Crippen LogP contribution in [0.4, 0.5) is 0 Å². The summed E-state index contributed by atoms with van der Waals surface area (Å²) in [6.45, 7) is 20.8. The second-order valence-corrected chi connectivity index (χ2v) is 11.8. The molecular weight excluding hydrogens is 396 g/mol. The van der Waals surface area contributed by atoms with Crippen molar-refractivity contribution >= 4 is 17.3 Å². The minimum Gasteiger partial charge on any atom is -0.294 e. The molecule has 3 nitrogen and oxygen atoms in total. The molecule has 3 aliphatic rings. The largest absolute Gasteiger partial charge is 0.294 e. The van der Waals surface area contributed by atoms with E-state index >= 15 is 0 Å². The lowest BCUT2D eigenvalue weighted by Gasteiger charge is -2.69. The molecule has 3 aliphatic carbocycles. The summed E-state index contributed by atoms with van der Waals surface area (Å²) in [6.07, 6.45) is 0.721. The number of hydrogen-bond acceptors (Lipinski definition) is 3. The molecule has 172 valence electrons. The number of fused-ring (bicyclic) bond motifs is 3. The van der Waals surface area contributed by atoms with Crippen LogP contribution in [0.5, 0.6) is 0 Å². The second-order valence-electron chi connectivity index (χ2n) is 11.8. The molecule has 0 aromatic heterocycles. The van der Waals surface area contributed by atoms with Crippen LogP contribution in [0.3, 0.4) is 0 Å². The monoisotopic (exact) mass is 434 g/mol. The quantitative estimate of drug-likeness (QED) is 0.480. The van der Waals surface area contributed by atoms with Gasteiger partial charge in [0.15, 0.2) is 17.3 Å². The van der Waals surface area contributed by atoms with E-state index < -0.39 is 5.41 Å². The molecule has 1 saturated carbocycles. The maximum Gasteiger partial charge on any atom is 0.173 e. The van der Waals surface area contributed by atoms with Crippen LogP contribution in [0.25, 0.3) is 0 Å². The summed E-state index contributed by atoms with van der Waals surface area (Å²) >= 11 is 0. The molecule has 0 amide bonds. The summed E-state index contributed by atoms with van der Waals surface area (Å²) in [4.78, 5) is 40.7. The summed E-state index contributed by atoms with van der Waals surface area (Å²) in [6, 6.07) is 4.30. The van der Waals surface area contributed by atoms with Crippen LogP contribution < -0.4 is 0 Å². The molecule has 3 heteroatoms. The maximum absolute atomic E-state index is 14.2.